The van der Waals surface area contributed by atoms with Crippen LogP contribution in [0.3, 0.4) is 0 Å². The molecule has 1 saturated heterocycles. The first kappa shape index (κ1) is 22.6. The molecule has 5 rings (SSSR count). The number of aromatic nitrogens is 7. The second-order valence-electron chi connectivity index (χ2n) is 7.38. The third-order valence-electron chi connectivity index (χ3n) is 5.26. The van der Waals surface area contributed by atoms with Crippen molar-refractivity contribution in [3.8, 4) is 17.7 Å². The van der Waals surface area contributed by atoms with Gasteiger partial charge >= 0.3 is 6.01 Å². The third-order valence-corrected chi connectivity index (χ3v) is 5.26. The van der Waals surface area contributed by atoms with Crippen molar-refractivity contribution >= 4 is 28.6 Å². The highest BCUT2D eigenvalue weighted by Gasteiger charge is 2.25. The number of benzene rings is 1. The zero-order valence-electron chi connectivity index (χ0n) is 18.9. The Hall–Kier alpha value is -4.20. The fourth-order valence-corrected chi connectivity index (χ4v) is 3.64. The molecule has 0 saturated carbocycles. The molecular weight excluding hydrogens is 464 g/mol. The normalized spacial score (nSPS) is 13.9. The number of rotatable bonds is 7. The number of alkyl halides is 2. The van der Waals surface area contributed by atoms with Crippen molar-refractivity contribution < 1.29 is 23.0 Å². The van der Waals surface area contributed by atoms with Gasteiger partial charge < -0.3 is 24.4 Å². The monoisotopic (exact) mass is 485 g/mol. The van der Waals surface area contributed by atoms with E-state index in [1.54, 1.807) is 18.2 Å². The highest BCUT2D eigenvalue weighted by atomic mass is 19.3. The molecule has 1 aromatic carbocycles. The summed E-state index contributed by atoms with van der Waals surface area (Å²) < 4.78 is 45.1. The summed E-state index contributed by atoms with van der Waals surface area (Å²) in [6.45, 7) is 2.05. The molecule has 0 bridgehead atoms. The summed E-state index contributed by atoms with van der Waals surface area (Å²) in [5.41, 5.74) is 1.12. The van der Waals surface area contributed by atoms with Crippen LogP contribution < -0.4 is 19.7 Å². The van der Waals surface area contributed by atoms with Gasteiger partial charge in [0, 0.05) is 13.1 Å². The number of imidazole rings is 1. The van der Waals surface area contributed by atoms with Gasteiger partial charge in [0.25, 0.3) is 6.43 Å². The van der Waals surface area contributed by atoms with Gasteiger partial charge in [-0.25, -0.2) is 23.7 Å². The Labute approximate surface area is 197 Å². The number of methoxy groups -OCH3 is 2. The molecule has 182 valence electrons. The fourth-order valence-electron chi connectivity index (χ4n) is 3.64. The van der Waals surface area contributed by atoms with E-state index in [0.29, 0.717) is 49.2 Å². The topological polar surface area (TPSA) is 125 Å². The summed E-state index contributed by atoms with van der Waals surface area (Å²) in [6.07, 6.45) is 0.0967. The van der Waals surface area contributed by atoms with E-state index >= 15 is 0 Å². The second kappa shape index (κ2) is 9.58. The van der Waals surface area contributed by atoms with Crippen LogP contribution in [0.4, 0.5) is 26.4 Å². The largest absolute Gasteiger partial charge is 0.494 e. The maximum Gasteiger partial charge on any atom is 0.316 e. The van der Waals surface area contributed by atoms with Gasteiger partial charge in [0.1, 0.15) is 11.3 Å². The SMILES string of the molecule is COc1ncc(Nc2nc(N3CCOCC3)nc(-n3c(C(F)F)nc4c(OC)cccc43)n2)cn1. The molecule has 1 aliphatic rings. The van der Waals surface area contributed by atoms with Crippen LogP contribution in [-0.2, 0) is 4.74 Å². The first-order valence-corrected chi connectivity index (χ1v) is 10.6. The molecule has 1 aliphatic heterocycles. The minimum atomic E-state index is -2.89. The lowest BCUT2D eigenvalue weighted by molar-refractivity contribution is 0.122. The average Bonchev–Trinajstić information content (AvgIpc) is 3.30. The number of hydrogen-bond acceptors (Lipinski definition) is 11. The molecule has 35 heavy (non-hydrogen) atoms. The van der Waals surface area contributed by atoms with E-state index in [9.17, 15) is 8.78 Å². The Morgan fingerprint density at radius 3 is 2.40 bits per heavy atom. The molecule has 0 radical (unpaired) electrons. The van der Waals surface area contributed by atoms with E-state index in [1.807, 2.05) is 4.90 Å². The van der Waals surface area contributed by atoms with Gasteiger partial charge in [-0.3, -0.25) is 4.57 Å². The van der Waals surface area contributed by atoms with Crippen molar-refractivity contribution in [1.82, 2.24) is 34.5 Å². The number of nitrogens with one attached hydrogen (secondary N) is 1. The summed E-state index contributed by atoms with van der Waals surface area (Å²) in [5.74, 6) is 0.251. The van der Waals surface area contributed by atoms with Gasteiger partial charge in [-0.15, -0.1) is 0 Å². The average molecular weight is 485 g/mol. The molecule has 1 N–H and O–H groups in total. The summed E-state index contributed by atoms with van der Waals surface area (Å²) in [5, 5.41) is 3.01. The Balaban J connectivity index is 1.65. The molecule has 0 atom stereocenters. The van der Waals surface area contributed by atoms with E-state index in [2.05, 4.69) is 35.2 Å². The molecule has 12 nitrogen and oxygen atoms in total. The molecule has 14 heteroatoms. The van der Waals surface area contributed by atoms with Crippen molar-refractivity contribution in [2.24, 2.45) is 0 Å². The number of hydrogen-bond donors (Lipinski definition) is 1. The fraction of sp³-hybridized carbons (Fsp3) is 0.333. The van der Waals surface area contributed by atoms with Crippen LogP contribution >= 0.6 is 0 Å². The molecule has 3 aromatic heterocycles. The van der Waals surface area contributed by atoms with Crippen molar-refractivity contribution in [2.75, 3.05) is 50.7 Å². The standard InChI is InChI=1S/C21H21F2N9O3/c1-33-14-5-3-4-13-15(14)27-17(16(22)23)32(13)20-29-18(26-12-10-24-21(34-2)25-11-12)28-19(30-20)31-6-8-35-9-7-31/h3-5,10-11,16H,6-9H2,1-2H3,(H,26,28,29,30). The van der Waals surface area contributed by atoms with Crippen LogP contribution in [0.15, 0.2) is 30.6 Å². The van der Waals surface area contributed by atoms with E-state index < -0.39 is 12.2 Å². The van der Waals surface area contributed by atoms with E-state index in [0.717, 1.165) is 0 Å². The van der Waals surface area contributed by atoms with Crippen LogP contribution in [0.1, 0.15) is 12.2 Å². The van der Waals surface area contributed by atoms with E-state index in [1.165, 1.54) is 31.2 Å². The minimum Gasteiger partial charge on any atom is -0.494 e. The smallest absolute Gasteiger partial charge is 0.316 e. The molecule has 4 heterocycles. The van der Waals surface area contributed by atoms with Crippen molar-refractivity contribution in [3.05, 3.63) is 36.4 Å². The van der Waals surface area contributed by atoms with Gasteiger partial charge in [-0.05, 0) is 12.1 Å². The van der Waals surface area contributed by atoms with Crippen LogP contribution in [0.25, 0.3) is 17.0 Å². The zero-order chi connectivity index (χ0) is 24.4. The van der Waals surface area contributed by atoms with Crippen LogP contribution in [-0.4, -0.2) is 75.0 Å². The molecule has 0 unspecified atom stereocenters. The first-order valence-electron chi connectivity index (χ1n) is 10.6. The quantitative estimate of drug-likeness (QED) is 0.415. The maximum absolute atomic E-state index is 14.1. The Kier molecular flexibility index (Phi) is 6.18. The third kappa shape index (κ3) is 4.47. The van der Waals surface area contributed by atoms with Crippen LogP contribution in [0, 0.1) is 0 Å². The second-order valence-corrected chi connectivity index (χ2v) is 7.38. The summed E-state index contributed by atoms with van der Waals surface area (Å²) in [6, 6.07) is 5.19. The van der Waals surface area contributed by atoms with Crippen molar-refractivity contribution in [2.45, 2.75) is 6.43 Å². The predicted octanol–water partition coefficient (Wildman–Crippen LogP) is 2.54. The van der Waals surface area contributed by atoms with Crippen LogP contribution in [0.5, 0.6) is 11.8 Å². The number of morpholine rings is 1. The number of halogens is 2. The number of nitrogens with zero attached hydrogens (tertiary/aromatic N) is 8. The maximum atomic E-state index is 14.1. The van der Waals surface area contributed by atoms with Gasteiger partial charge in [0.05, 0.1) is 51.0 Å². The predicted molar refractivity (Wildman–Crippen MR) is 121 cm³/mol. The highest BCUT2D eigenvalue weighted by Crippen LogP contribution is 2.32. The van der Waals surface area contributed by atoms with Crippen LogP contribution in [0.2, 0.25) is 0 Å². The first-order chi connectivity index (χ1) is 17.1. The van der Waals surface area contributed by atoms with Gasteiger partial charge in [-0.2, -0.15) is 15.0 Å². The molecule has 0 spiro atoms. The number of fused-ring (bicyclic) bond motifs is 1. The van der Waals surface area contributed by atoms with E-state index in [4.69, 9.17) is 14.2 Å². The lowest BCUT2D eigenvalue weighted by atomic mass is 10.3. The number of para-hydroxylation sites is 1. The minimum absolute atomic E-state index is 0.0236. The molecule has 0 aliphatic carbocycles. The molecule has 4 aromatic rings. The van der Waals surface area contributed by atoms with Crippen molar-refractivity contribution in [3.63, 3.8) is 0 Å². The Morgan fingerprint density at radius 2 is 1.71 bits per heavy atom. The lowest BCUT2D eigenvalue weighted by Gasteiger charge is -2.27. The van der Waals surface area contributed by atoms with Gasteiger partial charge in [0.15, 0.2) is 5.82 Å². The molecule has 0 amide bonds. The van der Waals surface area contributed by atoms with Gasteiger partial charge in [-0.1, -0.05) is 6.07 Å². The van der Waals surface area contributed by atoms with Gasteiger partial charge in [0.2, 0.25) is 17.8 Å². The Bertz CT molecular complexity index is 1330. The summed E-state index contributed by atoms with van der Waals surface area (Å²) in [7, 11) is 2.91. The highest BCUT2D eigenvalue weighted by molar-refractivity contribution is 5.84. The zero-order valence-corrected chi connectivity index (χ0v) is 18.9. The number of ether oxygens (including phenoxy) is 3. The number of anilines is 3. The summed E-state index contributed by atoms with van der Waals surface area (Å²) >= 11 is 0. The lowest BCUT2D eigenvalue weighted by Crippen LogP contribution is -2.37. The van der Waals surface area contributed by atoms with Crippen molar-refractivity contribution in [1.29, 1.82) is 0 Å². The Morgan fingerprint density at radius 1 is 0.971 bits per heavy atom. The van der Waals surface area contributed by atoms with E-state index in [-0.39, 0.29) is 23.4 Å². The molecule has 1 fully saturated rings. The summed E-state index contributed by atoms with van der Waals surface area (Å²) in [4.78, 5) is 27.6. The molecular formula is C21H21F2N9O3.